The van der Waals surface area contributed by atoms with Gasteiger partial charge < -0.3 is 4.74 Å². The summed E-state index contributed by atoms with van der Waals surface area (Å²) in [7, 11) is 0. The maximum atomic E-state index is 12.2. The van der Waals surface area contributed by atoms with Gasteiger partial charge >= 0.3 is 0 Å². The van der Waals surface area contributed by atoms with E-state index in [-0.39, 0.29) is 0 Å². The maximum Gasteiger partial charge on any atom is 0.261 e. The molecule has 1 N–H and O–H groups in total. The molecule has 0 aliphatic carbocycles. The van der Waals surface area contributed by atoms with E-state index in [9.17, 15) is 10.1 Å². The largest absolute Gasteiger partial charge is 0.489 e. The first-order valence-electron chi connectivity index (χ1n) is 9.19. The second kappa shape index (κ2) is 10.2. The van der Waals surface area contributed by atoms with Gasteiger partial charge in [0, 0.05) is 0 Å². The number of rotatable bonds is 7. The van der Waals surface area contributed by atoms with Crippen LogP contribution in [0, 0.1) is 22.7 Å². The number of hydrogen-bond acceptors (Lipinski definition) is 5. The lowest BCUT2D eigenvalue weighted by Crippen LogP contribution is -2.24. The SMILES string of the molecule is N#Cc1ccc(COc2ccc(/C=N\NC(=O)[C@@H](C#N)c3ccccc3)cc2)cc1. The smallest absolute Gasteiger partial charge is 0.261 e. The third kappa shape index (κ3) is 5.54. The van der Waals surface area contributed by atoms with E-state index < -0.39 is 11.8 Å². The Morgan fingerprint density at radius 1 is 1.00 bits per heavy atom. The Kier molecular flexibility index (Phi) is 6.92. The summed E-state index contributed by atoms with van der Waals surface area (Å²) < 4.78 is 5.73. The molecule has 3 rings (SSSR count). The van der Waals surface area contributed by atoms with Crippen molar-refractivity contribution >= 4 is 12.1 Å². The van der Waals surface area contributed by atoms with Crippen molar-refractivity contribution in [2.75, 3.05) is 0 Å². The zero-order chi connectivity index (χ0) is 21.2. The first-order chi connectivity index (χ1) is 14.7. The quantitative estimate of drug-likeness (QED) is 0.485. The zero-order valence-electron chi connectivity index (χ0n) is 16.0. The highest BCUT2D eigenvalue weighted by molar-refractivity contribution is 5.88. The molecule has 1 amide bonds. The van der Waals surface area contributed by atoms with Crippen LogP contribution in [-0.4, -0.2) is 12.1 Å². The van der Waals surface area contributed by atoms with Crippen molar-refractivity contribution in [2.24, 2.45) is 5.10 Å². The topological polar surface area (TPSA) is 98.3 Å². The molecule has 6 nitrogen and oxygen atoms in total. The number of nitriles is 2. The summed E-state index contributed by atoms with van der Waals surface area (Å²) in [5.41, 5.74) is 5.38. The number of ether oxygens (including phenoxy) is 1. The first-order valence-corrected chi connectivity index (χ1v) is 9.19. The number of carbonyl (C=O) groups is 1. The molecule has 0 unspecified atom stereocenters. The zero-order valence-corrected chi connectivity index (χ0v) is 16.0. The molecule has 0 aliphatic rings. The molecule has 0 aliphatic heterocycles. The van der Waals surface area contributed by atoms with Gasteiger partial charge in [-0.05, 0) is 53.1 Å². The summed E-state index contributed by atoms with van der Waals surface area (Å²) in [6.07, 6.45) is 1.50. The number of hydrogen-bond donors (Lipinski definition) is 1. The molecule has 1 atom stereocenters. The Morgan fingerprint density at radius 2 is 1.70 bits per heavy atom. The molecular weight excluding hydrogens is 376 g/mol. The summed E-state index contributed by atoms with van der Waals surface area (Å²) in [5.74, 6) is -0.710. The van der Waals surface area contributed by atoms with Crippen LogP contribution in [0.5, 0.6) is 5.75 Å². The van der Waals surface area contributed by atoms with E-state index in [0.717, 1.165) is 11.1 Å². The van der Waals surface area contributed by atoms with Gasteiger partial charge in [0.05, 0.1) is 23.9 Å². The van der Waals surface area contributed by atoms with Gasteiger partial charge in [0.15, 0.2) is 5.92 Å². The van der Waals surface area contributed by atoms with Crippen LogP contribution < -0.4 is 10.2 Å². The van der Waals surface area contributed by atoms with Gasteiger partial charge in [-0.25, -0.2) is 5.43 Å². The first kappa shape index (κ1) is 20.3. The Balaban J connectivity index is 1.52. The van der Waals surface area contributed by atoms with E-state index in [1.54, 1.807) is 48.5 Å². The van der Waals surface area contributed by atoms with Crippen molar-refractivity contribution in [3.63, 3.8) is 0 Å². The van der Waals surface area contributed by atoms with Crippen molar-refractivity contribution in [1.82, 2.24) is 5.43 Å². The molecule has 146 valence electrons. The molecule has 0 bridgehead atoms. The average Bonchev–Trinajstić information content (AvgIpc) is 2.80. The predicted octanol–water partition coefficient (Wildman–Crippen LogP) is 3.89. The summed E-state index contributed by atoms with van der Waals surface area (Å²) in [4.78, 5) is 12.2. The molecule has 0 fully saturated rings. The summed E-state index contributed by atoms with van der Waals surface area (Å²) in [6.45, 7) is 0.393. The van der Waals surface area contributed by atoms with Crippen LogP contribution in [0.1, 0.15) is 28.2 Å². The van der Waals surface area contributed by atoms with Gasteiger partial charge in [0.2, 0.25) is 0 Å². The number of carbonyl (C=O) groups excluding carboxylic acids is 1. The van der Waals surface area contributed by atoms with Gasteiger partial charge in [-0.2, -0.15) is 15.6 Å². The van der Waals surface area contributed by atoms with Crippen molar-refractivity contribution in [3.05, 3.63) is 101 Å². The second-order valence-corrected chi connectivity index (χ2v) is 6.37. The van der Waals surface area contributed by atoms with Crippen LogP contribution in [0.3, 0.4) is 0 Å². The lowest BCUT2D eigenvalue weighted by Gasteiger charge is -2.07. The second-order valence-electron chi connectivity index (χ2n) is 6.37. The number of nitrogens with zero attached hydrogens (tertiary/aromatic N) is 3. The molecule has 0 saturated heterocycles. The molecule has 0 heterocycles. The van der Waals surface area contributed by atoms with Crippen LogP contribution in [0.4, 0.5) is 0 Å². The van der Waals surface area contributed by atoms with E-state index in [2.05, 4.69) is 16.6 Å². The highest BCUT2D eigenvalue weighted by atomic mass is 16.5. The fourth-order valence-electron chi connectivity index (χ4n) is 2.66. The fourth-order valence-corrected chi connectivity index (χ4v) is 2.66. The highest BCUT2D eigenvalue weighted by Gasteiger charge is 2.19. The van der Waals surface area contributed by atoms with Gasteiger partial charge in [-0.3, -0.25) is 4.79 Å². The minimum Gasteiger partial charge on any atom is -0.489 e. The number of amides is 1. The maximum absolute atomic E-state index is 12.2. The molecule has 3 aromatic carbocycles. The molecular formula is C24H18N4O2. The molecule has 30 heavy (non-hydrogen) atoms. The van der Waals surface area contributed by atoms with Gasteiger partial charge in [0.25, 0.3) is 5.91 Å². The van der Waals surface area contributed by atoms with Crippen LogP contribution in [0.2, 0.25) is 0 Å². The van der Waals surface area contributed by atoms with Gasteiger partial charge in [-0.15, -0.1) is 0 Å². The molecule has 3 aromatic rings. The normalized spacial score (nSPS) is 11.3. The lowest BCUT2D eigenvalue weighted by molar-refractivity contribution is -0.121. The molecule has 0 radical (unpaired) electrons. The third-order valence-corrected chi connectivity index (χ3v) is 4.28. The molecule has 0 spiro atoms. The Bertz CT molecular complexity index is 1090. The lowest BCUT2D eigenvalue weighted by atomic mass is 10.0. The summed E-state index contributed by atoms with van der Waals surface area (Å²) in [6, 6.07) is 27.3. The van der Waals surface area contributed by atoms with E-state index in [0.29, 0.717) is 23.5 Å². The Hall–Kier alpha value is -4.42. The molecule has 0 aromatic heterocycles. The summed E-state index contributed by atoms with van der Waals surface area (Å²) in [5, 5.41) is 22.0. The fraction of sp³-hybridized carbons (Fsp3) is 0.0833. The van der Waals surface area contributed by atoms with Crippen molar-refractivity contribution in [3.8, 4) is 17.9 Å². The van der Waals surface area contributed by atoms with E-state index >= 15 is 0 Å². The van der Waals surface area contributed by atoms with Crippen LogP contribution in [0.15, 0.2) is 84.0 Å². The third-order valence-electron chi connectivity index (χ3n) is 4.28. The number of nitrogens with one attached hydrogen (secondary N) is 1. The monoisotopic (exact) mass is 394 g/mol. The predicted molar refractivity (Wildman–Crippen MR) is 112 cm³/mol. The molecule has 6 heteroatoms. The minimum atomic E-state index is -0.915. The van der Waals surface area contributed by atoms with Crippen molar-refractivity contribution in [2.45, 2.75) is 12.5 Å². The van der Waals surface area contributed by atoms with Crippen molar-refractivity contribution < 1.29 is 9.53 Å². The molecule has 0 saturated carbocycles. The standard InChI is InChI=1S/C24H18N4O2/c25-14-18-6-8-20(9-7-18)17-30-22-12-10-19(11-13-22)16-27-28-24(29)23(15-26)21-4-2-1-3-5-21/h1-13,16,23H,17H2,(H,28,29)/b27-16-/t23-/m0/s1. The highest BCUT2D eigenvalue weighted by Crippen LogP contribution is 2.15. The van der Waals surface area contributed by atoms with E-state index in [1.807, 2.05) is 36.4 Å². The summed E-state index contributed by atoms with van der Waals surface area (Å²) >= 11 is 0. The van der Waals surface area contributed by atoms with Crippen molar-refractivity contribution in [1.29, 1.82) is 10.5 Å². The van der Waals surface area contributed by atoms with Gasteiger partial charge in [0.1, 0.15) is 12.4 Å². The van der Waals surface area contributed by atoms with Crippen LogP contribution in [0.25, 0.3) is 0 Å². The Morgan fingerprint density at radius 3 is 2.33 bits per heavy atom. The average molecular weight is 394 g/mol. The Labute approximate surface area is 174 Å². The minimum absolute atomic E-state index is 0.393. The van der Waals surface area contributed by atoms with Crippen LogP contribution in [-0.2, 0) is 11.4 Å². The van der Waals surface area contributed by atoms with Crippen LogP contribution >= 0.6 is 0 Å². The number of hydrazone groups is 1. The number of benzene rings is 3. The van der Waals surface area contributed by atoms with E-state index in [1.165, 1.54) is 6.21 Å². The van der Waals surface area contributed by atoms with Gasteiger partial charge in [-0.1, -0.05) is 42.5 Å². The van der Waals surface area contributed by atoms with E-state index in [4.69, 9.17) is 10.00 Å².